The molecule has 0 radical (unpaired) electrons. The topological polar surface area (TPSA) is 82.3 Å². The maximum atomic E-state index is 11.5. The predicted molar refractivity (Wildman–Crippen MR) is 72.1 cm³/mol. The number of Topliss-reactive ketones (excluding diaryl/α,β-unsaturated/α-hetero) is 1. The van der Waals surface area contributed by atoms with E-state index in [1.807, 2.05) is 0 Å². The number of rotatable bonds is 4. The highest BCUT2D eigenvalue weighted by atomic mass is 16.6. The Morgan fingerprint density at radius 1 is 1.30 bits per heavy atom. The van der Waals surface area contributed by atoms with Gasteiger partial charge in [-0.05, 0) is 32.0 Å². The quantitative estimate of drug-likeness (QED) is 0.484. The lowest BCUT2D eigenvalue weighted by Crippen LogP contribution is -2.00. The van der Waals surface area contributed by atoms with Crippen molar-refractivity contribution < 1.29 is 14.5 Å². The minimum absolute atomic E-state index is 0.0391. The minimum atomic E-state index is -0.480. The van der Waals surface area contributed by atoms with Gasteiger partial charge in [0.05, 0.1) is 16.1 Å². The molecule has 0 fully saturated rings. The molecule has 0 saturated carbocycles. The third-order valence-corrected chi connectivity index (χ3v) is 2.81. The number of pyridine rings is 1. The highest BCUT2D eigenvalue weighted by Crippen LogP contribution is 2.31. The van der Waals surface area contributed by atoms with Gasteiger partial charge in [0.25, 0.3) is 5.69 Å². The van der Waals surface area contributed by atoms with Crippen LogP contribution in [0.3, 0.4) is 0 Å². The van der Waals surface area contributed by atoms with Crippen LogP contribution in [0, 0.1) is 17.0 Å². The normalized spacial score (nSPS) is 10.1. The van der Waals surface area contributed by atoms with Crippen LogP contribution in [-0.2, 0) is 0 Å². The maximum Gasteiger partial charge on any atom is 0.276 e. The second-order valence-electron chi connectivity index (χ2n) is 4.17. The summed E-state index contributed by atoms with van der Waals surface area (Å²) in [4.78, 5) is 25.9. The van der Waals surface area contributed by atoms with Crippen LogP contribution in [-0.4, -0.2) is 15.7 Å². The molecule has 6 heteroatoms. The van der Waals surface area contributed by atoms with E-state index < -0.39 is 4.92 Å². The van der Waals surface area contributed by atoms with Crippen molar-refractivity contribution in [1.82, 2.24) is 4.98 Å². The molecular weight excluding hydrogens is 260 g/mol. The van der Waals surface area contributed by atoms with E-state index in [1.165, 1.54) is 25.3 Å². The Labute approximate surface area is 115 Å². The molecule has 20 heavy (non-hydrogen) atoms. The van der Waals surface area contributed by atoms with Crippen LogP contribution in [0.1, 0.15) is 22.8 Å². The molecule has 1 aromatic heterocycles. The zero-order valence-electron chi connectivity index (χ0n) is 11.0. The smallest absolute Gasteiger partial charge is 0.276 e. The number of nitro groups is 1. The first-order valence-electron chi connectivity index (χ1n) is 5.88. The molecule has 1 aromatic carbocycles. The summed E-state index contributed by atoms with van der Waals surface area (Å²) in [7, 11) is 0. The summed E-state index contributed by atoms with van der Waals surface area (Å²) in [5.74, 6) is 0.264. The van der Waals surface area contributed by atoms with Crippen molar-refractivity contribution >= 4 is 11.5 Å². The second-order valence-corrected chi connectivity index (χ2v) is 4.17. The SMILES string of the molecule is CC(=O)c1cccnc1Oc1cccc([N+](=O)[O-])c1C. The Hall–Kier alpha value is -2.76. The molecule has 2 aromatic rings. The van der Waals surface area contributed by atoms with Crippen molar-refractivity contribution in [3.8, 4) is 11.6 Å². The highest BCUT2D eigenvalue weighted by molar-refractivity contribution is 5.96. The van der Waals surface area contributed by atoms with Gasteiger partial charge in [0, 0.05) is 12.3 Å². The number of aromatic nitrogens is 1. The van der Waals surface area contributed by atoms with Crippen molar-refractivity contribution in [2.75, 3.05) is 0 Å². The average molecular weight is 272 g/mol. The zero-order valence-corrected chi connectivity index (χ0v) is 11.0. The van der Waals surface area contributed by atoms with E-state index in [-0.39, 0.29) is 17.4 Å². The van der Waals surface area contributed by atoms with Crippen LogP contribution in [0.5, 0.6) is 11.6 Å². The first kappa shape index (κ1) is 13.7. The summed E-state index contributed by atoms with van der Waals surface area (Å²) < 4.78 is 5.56. The molecule has 0 aliphatic heterocycles. The molecule has 0 atom stereocenters. The largest absolute Gasteiger partial charge is 0.438 e. The lowest BCUT2D eigenvalue weighted by Gasteiger charge is -2.10. The van der Waals surface area contributed by atoms with Gasteiger partial charge in [0.15, 0.2) is 5.78 Å². The van der Waals surface area contributed by atoms with E-state index in [1.54, 1.807) is 25.1 Å². The lowest BCUT2D eigenvalue weighted by molar-refractivity contribution is -0.385. The molecule has 0 bridgehead atoms. The number of nitro benzene ring substituents is 1. The number of ketones is 1. The minimum Gasteiger partial charge on any atom is -0.438 e. The molecule has 1 heterocycles. The monoisotopic (exact) mass is 272 g/mol. The fourth-order valence-electron chi connectivity index (χ4n) is 1.76. The fraction of sp³-hybridized carbons (Fsp3) is 0.143. The summed E-state index contributed by atoms with van der Waals surface area (Å²) in [5, 5.41) is 10.9. The Morgan fingerprint density at radius 2 is 2.05 bits per heavy atom. The van der Waals surface area contributed by atoms with Crippen LogP contribution < -0.4 is 4.74 Å². The molecule has 2 rings (SSSR count). The van der Waals surface area contributed by atoms with Gasteiger partial charge in [-0.25, -0.2) is 4.98 Å². The molecular formula is C14H12N2O4. The summed E-state index contributed by atoms with van der Waals surface area (Å²) in [6.07, 6.45) is 1.49. The molecule has 102 valence electrons. The van der Waals surface area contributed by atoms with Crippen LogP contribution >= 0.6 is 0 Å². The predicted octanol–water partition coefficient (Wildman–Crippen LogP) is 3.29. The van der Waals surface area contributed by atoms with Gasteiger partial charge in [0.1, 0.15) is 5.75 Å². The van der Waals surface area contributed by atoms with Gasteiger partial charge in [-0.3, -0.25) is 14.9 Å². The molecule has 0 unspecified atom stereocenters. The van der Waals surface area contributed by atoms with Gasteiger partial charge < -0.3 is 4.74 Å². The van der Waals surface area contributed by atoms with Crippen molar-refractivity contribution in [3.05, 3.63) is 57.8 Å². The molecule has 0 amide bonds. The number of benzene rings is 1. The van der Waals surface area contributed by atoms with Gasteiger partial charge in [-0.2, -0.15) is 0 Å². The molecule has 0 aliphatic carbocycles. The fourth-order valence-corrected chi connectivity index (χ4v) is 1.76. The zero-order chi connectivity index (χ0) is 14.7. The van der Waals surface area contributed by atoms with Crippen LogP contribution in [0.25, 0.3) is 0 Å². The summed E-state index contributed by atoms with van der Waals surface area (Å²) in [6, 6.07) is 7.74. The second kappa shape index (κ2) is 5.48. The molecule has 6 nitrogen and oxygen atoms in total. The van der Waals surface area contributed by atoms with Crippen molar-refractivity contribution in [3.63, 3.8) is 0 Å². The van der Waals surface area contributed by atoms with E-state index in [9.17, 15) is 14.9 Å². The summed E-state index contributed by atoms with van der Waals surface area (Å²) >= 11 is 0. The standard InChI is InChI=1S/C14H12N2O4/c1-9-12(16(18)19)6-3-7-13(9)20-14-11(10(2)17)5-4-8-15-14/h3-8H,1-2H3. The van der Waals surface area contributed by atoms with Crippen molar-refractivity contribution in [1.29, 1.82) is 0 Å². The Bertz CT molecular complexity index is 683. The van der Waals surface area contributed by atoms with E-state index in [2.05, 4.69) is 4.98 Å². The first-order valence-corrected chi connectivity index (χ1v) is 5.88. The number of carbonyl (C=O) groups excluding carboxylic acids is 1. The summed E-state index contributed by atoms with van der Waals surface area (Å²) in [5.41, 5.74) is 0.680. The Kier molecular flexibility index (Phi) is 3.74. The molecule has 0 N–H and O–H groups in total. The highest BCUT2D eigenvalue weighted by Gasteiger charge is 2.17. The van der Waals surface area contributed by atoms with E-state index in [0.29, 0.717) is 16.9 Å². The number of carbonyl (C=O) groups is 1. The average Bonchev–Trinajstić information content (AvgIpc) is 2.41. The summed E-state index contributed by atoms with van der Waals surface area (Å²) in [6.45, 7) is 2.99. The third kappa shape index (κ3) is 2.64. The number of ether oxygens (including phenoxy) is 1. The van der Waals surface area contributed by atoms with Gasteiger partial charge >= 0.3 is 0 Å². The van der Waals surface area contributed by atoms with Crippen LogP contribution in [0.2, 0.25) is 0 Å². The van der Waals surface area contributed by atoms with Gasteiger partial charge in [-0.15, -0.1) is 0 Å². The number of hydrogen-bond donors (Lipinski definition) is 0. The van der Waals surface area contributed by atoms with Crippen LogP contribution in [0.15, 0.2) is 36.5 Å². The van der Waals surface area contributed by atoms with E-state index in [4.69, 9.17) is 4.74 Å². The number of nitrogens with zero attached hydrogens (tertiary/aromatic N) is 2. The molecule has 0 saturated heterocycles. The van der Waals surface area contributed by atoms with Gasteiger partial charge in [-0.1, -0.05) is 6.07 Å². The Balaban J connectivity index is 2.43. The Morgan fingerprint density at radius 3 is 2.70 bits per heavy atom. The molecule has 0 aliphatic rings. The maximum absolute atomic E-state index is 11.5. The van der Waals surface area contributed by atoms with Crippen molar-refractivity contribution in [2.45, 2.75) is 13.8 Å². The third-order valence-electron chi connectivity index (χ3n) is 2.81. The molecule has 0 spiro atoms. The van der Waals surface area contributed by atoms with E-state index in [0.717, 1.165) is 0 Å². The van der Waals surface area contributed by atoms with E-state index >= 15 is 0 Å². The van der Waals surface area contributed by atoms with Crippen molar-refractivity contribution in [2.24, 2.45) is 0 Å². The first-order chi connectivity index (χ1) is 9.50. The van der Waals surface area contributed by atoms with Crippen LogP contribution in [0.4, 0.5) is 5.69 Å². The number of hydrogen-bond acceptors (Lipinski definition) is 5. The lowest BCUT2D eigenvalue weighted by atomic mass is 10.1. The van der Waals surface area contributed by atoms with Gasteiger partial charge in [0.2, 0.25) is 5.88 Å².